The third kappa shape index (κ3) is 3.37. The van der Waals surface area contributed by atoms with E-state index in [9.17, 15) is 9.59 Å². The molecule has 2 aromatic heterocycles. The summed E-state index contributed by atoms with van der Waals surface area (Å²) in [6.07, 6.45) is 6.18. The van der Waals surface area contributed by atoms with E-state index in [1.165, 1.54) is 32.1 Å². The Kier molecular flexibility index (Phi) is 5.05. The van der Waals surface area contributed by atoms with Crippen molar-refractivity contribution in [1.29, 1.82) is 0 Å². The zero-order valence-electron chi connectivity index (χ0n) is 16.6. The number of hydrogen-bond donors (Lipinski definition) is 1. The molecular formula is C20H28N6O2. The Morgan fingerprint density at radius 3 is 2.68 bits per heavy atom. The molecule has 0 bridgehead atoms. The number of carbonyl (C=O) groups excluding carboxylic acids is 2. The number of amides is 2. The Labute approximate surface area is 164 Å². The molecule has 4 rings (SSSR count). The number of likely N-dealkylation sites (tertiary alicyclic amines) is 2. The summed E-state index contributed by atoms with van der Waals surface area (Å²) < 4.78 is 1.65. The van der Waals surface area contributed by atoms with Gasteiger partial charge in [0.2, 0.25) is 5.91 Å². The third-order valence-corrected chi connectivity index (χ3v) is 6.24. The highest BCUT2D eigenvalue weighted by atomic mass is 16.2. The second-order valence-corrected chi connectivity index (χ2v) is 7.94. The molecule has 2 fully saturated rings. The van der Waals surface area contributed by atoms with Crippen molar-refractivity contribution in [3.63, 3.8) is 0 Å². The van der Waals surface area contributed by atoms with Crippen LogP contribution in [0.25, 0.3) is 5.65 Å². The Morgan fingerprint density at radius 1 is 1.21 bits per heavy atom. The van der Waals surface area contributed by atoms with Crippen molar-refractivity contribution in [3.8, 4) is 0 Å². The van der Waals surface area contributed by atoms with Crippen LogP contribution in [0.5, 0.6) is 0 Å². The van der Waals surface area contributed by atoms with Crippen molar-refractivity contribution >= 4 is 17.5 Å². The lowest BCUT2D eigenvalue weighted by molar-refractivity contribution is -0.130. The molecule has 2 aliphatic rings. The molecule has 1 atom stereocenters. The Bertz CT molecular complexity index is 915. The van der Waals surface area contributed by atoms with Crippen LogP contribution in [-0.4, -0.2) is 68.4 Å². The van der Waals surface area contributed by atoms with Crippen molar-refractivity contribution in [1.82, 2.24) is 24.4 Å². The number of hydrogen-bond acceptors (Lipinski definition) is 5. The van der Waals surface area contributed by atoms with Gasteiger partial charge in [-0.2, -0.15) is 5.10 Å². The van der Waals surface area contributed by atoms with Crippen LogP contribution < -0.4 is 5.73 Å². The maximum Gasteiger partial charge on any atom is 0.254 e. The minimum Gasteiger partial charge on any atom is -0.365 e. The summed E-state index contributed by atoms with van der Waals surface area (Å²) in [4.78, 5) is 33.4. The average Bonchev–Trinajstić information content (AvgIpc) is 3.40. The van der Waals surface area contributed by atoms with Crippen LogP contribution in [-0.2, 0) is 11.2 Å². The van der Waals surface area contributed by atoms with Gasteiger partial charge in [-0.3, -0.25) is 14.5 Å². The van der Waals surface area contributed by atoms with Gasteiger partial charge in [0.1, 0.15) is 5.56 Å². The van der Waals surface area contributed by atoms with E-state index in [2.05, 4.69) is 15.0 Å². The van der Waals surface area contributed by atoms with E-state index in [4.69, 9.17) is 5.73 Å². The van der Waals surface area contributed by atoms with Crippen molar-refractivity contribution in [2.45, 2.75) is 52.0 Å². The van der Waals surface area contributed by atoms with Gasteiger partial charge in [-0.15, -0.1) is 0 Å². The molecule has 2 aliphatic heterocycles. The summed E-state index contributed by atoms with van der Waals surface area (Å²) in [5.41, 5.74) is 8.93. The molecule has 1 unspecified atom stereocenters. The smallest absolute Gasteiger partial charge is 0.254 e. The molecule has 2 N–H and O–H groups in total. The van der Waals surface area contributed by atoms with E-state index >= 15 is 0 Å². The average molecular weight is 384 g/mol. The largest absolute Gasteiger partial charge is 0.365 e. The summed E-state index contributed by atoms with van der Waals surface area (Å²) in [6.45, 7) is 7.91. The first-order valence-electron chi connectivity index (χ1n) is 10.1. The monoisotopic (exact) mass is 384 g/mol. The number of fused-ring (bicyclic) bond motifs is 1. The number of aryl methyl sites for hydroxylation is 2. The van der Waals surface area contributed by atoms with Crippen LogP contribution in [0.15, 0.2) is 6.20 Å². The van der Waals surface area contributed by atoms with Gasteiger partial charge in [-0.25, -0.2) is 9.50 Å². The van der Waals surface area contributed by atoms with Crippen LogP contribution in [0.4, 0.5) is 0 Å². The van der Waals surface area contributed by atoms with Crippen molar-refractivity contribution in [3.05, 3.63) is 28.7 Å². The number of rotatable bonds is 5. The third-order valence-electron chi connectivity index (χ3n) is 6.24. The molecule has 0 saturated carbocycles. The molecule has 8 nitrogen and oxygen atoms in total. The molecule has 0 aliphatic carbocycles. The van der Waals surface area contributed by atoms with Crippen molar-refractivity contribution < 1.29 is 9.59 Å². The van der Waals surface area contributed by atoms with Crippen LogP contribution in [0.2, 0.25) is 0 Å². The van der Waals surface area contributed by atoms with Crippen LogP contribution in [0.1, 0.15) is 53.0 Å². The van der Waals surface area contributed by atoms with Gasteiger partial charge in [0.15, 0.2) is 5.65 Å². The number of nitrogens with two attached hydrogens (primary N) is 1. The second kappa shape index (κ2) is 7.50. The Morgan fingerprint density at radius 2 is 1.96 bits per heavy atom. The lowest BCUT2D eigenvalue weighted by atomic mass is 10.1. The van der Waals surface area contributed by atoms with Crippen LogP contribution in [0.3, 0.4) is 0 Å². The van der Waals surface area contributed by atoms with E-state index in [-0.39, 0.29) is 5.91 Å². The molecule has 0 spiro atoms. The fourth-order valence-corrected chi connectivity index (χ4v) is 4.61. The van der Waals surface area contributed by atoms with E-state index in [1.807, 2.05) is 18.7 Å². The van der Waals surface area contributed by atoms with E-state index in [0.717, 1.165) is 36.5 Å². The summed E-state index contributed by atoms with van der Waals surface area (Å²) in [6, 6.07) is 0.532. The van der Waals surface area contributed by atoms with E-state index in [1.54, 1.807) is 4.52 Å². The van der Waals surface area contributed by atoms with Gasteiger partial charge in [0.05, 0.1) is 6.20 Å². The quantitative estimate of drug-likeness (QED) is 0.832. The van der Waals surface area contributed by atoms with E-state index < -0.39 is 5.91 Å². The highest BCUT2D eigenvalue weighted by molar-refractivity contribution is 5.98. The minimum absolute atomic E-state index is 0.207. The highest BCUT2D eigenvalue weighted by Gasteiger charge is 2.31. The van der Waals surface area contributed by atoms with Gasteiger partial charge in [-0.1, -0.05) is 0 Å². The SMILES string of the molecule is Cc1nc2c(C(N)=O)cnn2c(C)c1CCC(=O)N1CCC(N2CCCC2)C1. The van der Waals surface area contributed by atoms with Gasteiger partial charge < -0.3 is 10.6 Å². The zero-order chi connectivity index (χ0) is 19.8. The Balaban J connectivity index is 1.44. The van der Waals surface area contributed by atoms with Crippen LogP contribution >= 0.6 is 0 Å². The number of primary amides is 1. The standard InChI is InChI=1S/C20H28N6O2/c1-13-16(14(2)26-20(23-13)17(11-22-26)19(21)28)5-6-18(27)25-10-7-15(12-25)24-8-3-4-9-24/h11,15H,3-10,12H2,1-2H3,(H2,21,28). The van der Waals surface area contributed by atoms with Gasteiger partial charge in [-0.05, 0) is 58.2 Å². The predicted molar refractivity (Wildman–Crippen MR) is 105 cm³/mol. The molecular weight excluding hydrogens is 356 g/mol. The lowest BCUT2D eigenvalue weighted by Crippen LogP contribution is -2.37. The molecule has 150 valence electrons. The maximum atomic E-state index is 12.8. The van der Waals surface area contributed by atoms with Gasteiger partial charge in [0.25, 0.3) is 5.91 Å². The minimum atomic E-state index is -0.536. The molecule has 2 saturated heterocycles. The molecule has 0 aromatic carbocycles. The molecule has 2 amide bonds. The lowest BCUT2D eigenvalue weighted by Gasteiger charge is -2.23. The van der Waals surface area contributed by atoms with Crippen molar-refractivity contribution in [2.24, 2.45) is 5.73 Å². The summed E-state index contributed by atoms with van der Waals surface area (Å²) >= 11 is 0. The van der Waals surface area contributed by atoms with E-state index in [0.29, 0.717) is 30.1 Å². The molecule has 0 radical (unpaired) electrons. The first-order chi connectivity index (χ1) is 13.5. The Hall–Kier alpha value is -2.48. The van der Waals surface area contributed by atoms with Crippen molar-refractivity contribution in [2.75, 3.05) is 26.2 Å². The number of nitrogens with zero attached hydrogens (tertiary/aromatic N) is 5. The fraction of sp³-hybridized carbons (Fsp3) is 0.600. The molecule has 28 heavy (non-hydrogen) atoms. The predicted octanol–water partition coefficient (Wildman–Crippen LogP) is 1.07. The zero-order valence-corrected chi connectivity index (χ0v) is 16.6. The van der Waals surface area contributed by atoms with Gasteiger partial charge >= 0.3 is 0 Å². The maximum absolute atomic E-state index is 12.8. The topological polar surface area (TPSA) is 96.8 Å². The molecule has 2 aromatic rings. The van der Waals surface area contributed by atoms with Crippen LogP contribution in [0, 0.1) is 13.8 Å². The number of carbonyl (C=O) groups is 2. The van der Waals surface area contributed by atoms with Gasteiger partial charge in [0, 0.05) is 36.9 Å². The first kappa shape index (κ1) is 18.9. The second-order valence-electron chi connectivity index (χ2n) is 7.94. The summed E-state index contributed by atoms with van der Waals surface area (Å²) in [5.74, 6) is -0.329. The summed E-state index contributed by atoms with van der Waals surface area (Å²) in [7, 11) is 0. The first-order valence-corrected chi connectivity index (χ1v) is 10.1. The number of aromatic nitrogens is 3. The fourth-order valence-electron chi connectivity index (χ4n) is 4.61. The molecule has 4 heterocycles. The summed E-state index contributed by atoms with van der Waals surface area (Å²) in [5, 5.41) is 4.25. The molecule has 8 heteroatoms. The normalized spacial score (nSPS) is 20.4. The highest BCUT2D eigenvalue weighted by Crippen LogP contribution is 2.22.